The summed E-state index contributed by atoms with van der Waals surface area (Å²) >= 11 is 0. The van der Waals surface area contributed by atoms with Crippen LogP contribution in [0.1, 0.15) is 39.0 Å². The van der Waals surface area contributed by atoms with Crippen molar-refractivity contribution < 1.29 is 19.5 Å². The minimum atomic E-state index is -0.821. The van der Waals surface area contributed by atoms with Crippen molar-refractivity contribution in [1.82, 2.24) is 0 Å². The Morgan fingerprint density at radius 3 is 2.00 bits per heavy atom. The second kappa shape index (κ2) is 6.34. The number of unbranched alkanes of at least 4 members (excludes halogenated alkanes) is 2. The van der Waals surface area contributed by atoms with E-state index in [1.807, 2.05) is 0 Å². The van der Waals surface area contributed by atoms with Crippen LogP contribution in [-0.2, 0) is 14.4 Å². The fraction of sp³-hybridized carbons (Fsp3) is 0.667. The van der Waals surface area contributed by atoms with Gasteiger partial charge in [-0.15, -0.1) is 0 Å². The molecule has 0 aromatic carbocycles. The highest BCUT2D eigenvalue weighted by Crippen LogP contribution is 2.03. The zero-order chi connectivity index (χ0) is 10.3. The topological polar surface area (TPSA) is 71.4 Å². The highest BCUT2D eigenvalue weighted by Gasteiger charge is 2.06. The Labute approximate surface area is 76.9 Å². The second-order valence-corrected chi connectivity index (χ2v) is 2.93. The van der Waals surface area contributed by atoms with Crippen LogP contribution in [0.4, 0.5) is 0 Å². The molecule has 0 fully saturated rings. The lowest BCUT2D eigenvalue weighted by Crippen LogP contribution is -2.08. The number of carboxylic acids is 1. The van der Waals surface area contributed by atoms with Gasteiger partial charge in [-0.3, -0.25) is 14.4 Å². The van der Waals surface area contributed by atoms with Crippen LogP contribution in [-0.4, -0.2) is 22.6 Å². The molecule has 0 aromatic heterocycles. The summed E-state index contributed by atoms with van der Waals surface area (Å²) in [4.78, 5) is 31.3. The van der Waals surface area contributed by atoms with Gasteiger partial charge in [-0.2, -0.15) is 0 Å². The molecule has 1 N–H and O–H groups in total. The van der Waals surface area contributed by atoms with E-state index in [9.17, 15) is 14.4 Å². The van der Waals surface area contributed by atoms with Gasteiger partial charge in [-0.05, 0) is 12.8 Å². The Morgan fingerprint density at radius 1 is 1.00 bits per heavy atom. The molecule has 0 aliphatic heterocycles. The summed E-state index contributed by atoms with van der Waals surface area (Å²) < 4.78 is 0. The van der Waals surface area contributed by atoms with E-state index in [1.165, 1.54) is 6.92 Å². The fourth-order valence-corrected chi connectivity index (χ4v) is 0.915. The van der Waals surface area contributed by atoms with E-state index < -0.39 is 11.8 Å². The molecule has 0 bridgehead atoms. The van der Waals surface area contributed by atoms with Gasteiger partial charge in [0.1, 0.15) is 0 Å². The summed E-state index contributed by atoms with van der Waals surface area (Å²) in [7, 11) is 0. The molecule has 0 aromatic rings. The highest BCUT2D eigenvalue weighted by molar-refractivity contribution is 6.36. The third-order valence-electron chi connectivity index (χ3n) is 1.69. The number of aliphatic carboxylic acids is 1. The zero-order valence-corrected chi connectivity index (χ0v) is 7.71. The lowest BCUT2D eigenvalue weighted by atomic mass is 10.1. The minimum Gasteiger partial charge on any atom is -0.481 e. The summed E-state index contributed by atoms with van der Waals surface area (Å²) in [6.45, 7) is 1.25. The largest absolute Gasteiger partial charge is 0.481 e. The van der Waals surface area contributed by atoms with Crippen molar-refractivity contribution in [2.75, 3.05) is 0 Å². The van der Waals surface area contributed by atoms with Crippen molar-refractivity contribution in [2.24, 2.45) is 0 Å². The van der Waals surface area contributed by atoms with Crippen molar-refractivity contribution in [2.45, 2.75) is 39.0 Å². The van der Waals surface area contributed by atoms with E-state index in [4.69, 9.17) is 5.11 Å². The monoisotopic (exact) mass is 186 g/mol. The van der Waals surface area contributed by atoms with Crippen LogP contribution in [0, 0.1) is 0 Å². The van der Waals surface area contributed by atoms with E-state index in [2.05, 4.69) is 0 Å². The smallest absolute Gasteiger partial charge is 0.303 e. The molecule has 0 rings (SSSR count). The Bertz CT molecular complexity index is 208. The van der Waals surface area contributed by atoms with Crippen LogP contribution in [0.15, 0.2) is 0 Å². The maximum Gasteiger partial charge on any atom is 0.303 e. The number of Topliss-reactive ketones (excluding diaryl/α,β-unsaturated/α-hetero) is 2. The average Bonchev–Trinajstić information content (AvgIpc) is 2.02. The molecule has 0 radical (unpaired) electrons. The first-order valence-electron chi connectivity index (χ1n) is 4.29. The number of carboxylic acid groups (broad SMARTS) is 1. The first-order valence-corrected chi connectivity index (χ1v) is 4.29. The van der Waals surface area contributed by atoms with Gasteiger partial charge in [0.05, 0.1) is 0 Å². The molecule has 4 nitrogen and oxygen atoms in total. The number of rotatable bonds is 7. The van der Waals surface area contributed by atoms with Crippen LogP contribution in [0.25, 0.3) is 0 Å². The molecule has 0 aliphatic rings. The molecule has 0 amide bonds. The van der Waals surface area contributed by atoms with E-state index in [1.54, 1.807) is 0 Å². The predicted molar refractivity (Wildman–Crippen MR) is 46.4 cm³/mol. The molecule has 74 valence electrons. The summed E-state index contributed by atoms with van der Waals surface area (Å²) in [6, 6.07) is 0. The molecule has 4 heteroatoms. The molecular weight excluding hydrogens is 172 g/mol. The maximum atomic E-state index is 10.8. The Morgan fingerprint density at radius 2 is 1.54 bits per heavy atom. The summed E-state index contributed by atoms with van der Waals surface area (Å²) in [6.07, 6.45) is 2.24. The Hall–Kier alpha value is -1.19. The summed E-state index contributed by atoms with van der Waals surface area (Å²) in [5, 5.41) is 8.29. The molecule has 0 spiro atoms. The van der Waals surface area contributed by atoms with Gasteiger partial charge in [0.25, 0.3) is 0 Å². The third-order valence-corrected chi connectivity index (χ3v) is 1.69. The van der Waals surface area contributed by atoms with Crippen molar-refractivity contribution in [3.05, 3.63) is 0 Å². The van der Waals surface area contributed by atoms with Crippen LogP contribution >= 0.6 is 0 Å². The van der Waals surface area contributed by atoms with Crippen LogP contribution in [0.2, 0.25) is 0 Å². The van der Waals surface area contributed by atoms with Gasteiger partial charge in [0, 0.05) is 19.8 Å². The van der Waals surface area contributed by atoms with Crippen LogP contribution < -0.4 is 0 Å². The first kappa shape index (κ1) is 11.8. The fourth-order valence-electron chi connectivity index (χ4n) is 0.915. The van der Waals surface area contributed by atoms with E-state index in [-0.39, 0.29) is 18.6 Å². The molecule has 0 heterocycles. The summed E-state index contributed by atoms with van der Waals surface area (Å²) in [5.74, 6) is -1.61. The lowest BCUT2D eigenvalue weighted by Gasteiger charge is -1.96. The Balaban J connectivity index is 3.31. The minimum absolute atomic E-state index is 0.133. The molecule has 0 saturated heterocycles. The van der Waals surface area contributed by atoms with Crippen molar-refractivity contribution in [3.63, 3.8) is 0 Å². The SMILES string of the molecule is CC(=O)C(=O)CCCCCC(=O)O. The lowest BCUT2D eigenvalue weighted by molar-refractivity contribution is -0.137. The van der Waals surface area contributed by atoms with Gasteiger partial charge >= 0.3 is 5.97 Å². The van der Waals surface area contributed by atoms with Gasteiger partial charge in [0.15, 0.2) is 11.6 Å². The molecule has 0 saturated carbocycles. The van der Waals surface area contributed by atoms with Gasteiger partial charge < -0.3 is 5.11 Å². The van der Waals surface area contributed by atoms with Crippen molar-refractivity contribution >= 4 is 17.5 Å². The van der Waals surface area contributed by atoms with Crippen LogP contribution in [0.3, 0.4) is 0 Å². The number of hydrogen-bond donors (Lipinski definition) is 1. The normalized spacial score (nSPS) is 9.62. The molecule has 13 heavy (non-hydrogen) atoms. The number of carbonyl (C=O) groups is 3. The second-order valence-electron chi connectivity index (χ2n) is 2.93. The molecular formula is C9H14O4. The summed E-state index contributed by atoms with van der Waals surface area (Å²) in [5.41, 5.74) is 0. The quantitative estimate of drug-likeness (QED) is 0.478. The number of ketones is 2. The van der Waals surface area contributed by atoms with E-state index in [0.29, 0.717) is 19.3 Å². The standard InChI is InChI=1S/C9H14O4/c1-7(10)8(11)5-3-2-4-6-9(12)13/h2-6H2,1H3,(H,12,13). The van der Waals surface area contributed by atoms with Crippen LogP contribution in [0.5, 0.6) is 0 Å². The third kappa shape index (κ3) is 7.18. The van der Waals surface area contributed by atoms with Gasteiger partial charge in [0.2, 0.25) is 0 Å². The van der Waals surface area contributed by atoms with E-state index in [0.717, 1.165) is 0 Å². The van der Waals surface area contributed by atoms with Crippen molar-refractivity contribution in [1.29, 1.82) is 0 Å². The molecule has 0 aliphatic carbocycles. The molecule has 0 unspecified atom stereocenters. The van der Waals surface area contributed by atoms with E-state index >= 15 is 0 Å². The van der Waals surface area contributed by atoms with Gasteiger partial charge in [-0.1, -0.05) is 6.42 Å². The van der Waals surface area contributed by atoms with Gasteiger partial charge in [-0.25, -0.2) is 0 Å². The maximum absolute atomic E-state index is 10.8. The van der Waals surface area contributed by atoms with Crippen molar-refractivity contribution in [3.8, 4) is 0 Å². The predicted octanol–water partition coefficient (Wildman–Crippen LogP) is 1.18. The average molecular weight is 186 g/mol. The molecule has 0 atom stereocenters. The first-order chi connectivity index (χ1) is 6.04. The highest BCUT2D eigenvalue weighted by atomic mass is 16.4. The Kier molecular flexibility index (Phi) is 5.76. The number of hydrogen-bond acceptors (Lipinski definition) is 3. The number of carbonyl (C=O) groups excluding carboxylic acids is 2. The zero-order valence-electron chi connectivity index (χ0n) is 7.71.